The van der Waals surface area contributed by atoms with Gasteiger partial charge in [-0.2, -0.15) is 8.42 Å². The van der Waals surface area contributed by atoms with Gasteiger partial charge in [-0.05, 0) is 31.0 Å². The summed E-state index contributed by atoms with van der Waals surface area (Å²) in [7, 11) is -3.50. The van der Waals surface area contributed by atoms with Crippen LogP contribution in [0, 0.1) is 0 Å². The molecule has 0 fully saturated rings. The van der Waals surface area contributed by atoms with Crippen LogP contribution >= 0.6 is 15.9 Å². The summed E-state index contributed by atoms with van der Waals surface area (Å²) in [5.74, 6) is 0.325. The monoisotopic (exact) mass is 320 g/mol. The van der Waals surface area contributed by atoms with E-state index in [-0.39, 0.29) is 5.75 Å². The van der Waals surface area contributed by atoms with Gasteiger partial charge in [0.25, 0.3) is 0 Å². The van der Waals surface area contributed by atoms with Gasteiger partial charge in [-0.25, -0.2) is 0 Å². The van der Waals surface area contributed by atoms with Crippen LogP contribution in [-0.4, -0.2) is 20.8 Å². The molecule has 0 saturated carbocycles. The Kier molecular flexibility index (Phi) is 3.75. The molecule has 1 aromatic rings. The molecule has 0 saturated heterocycles. The highest BCUT2D eigenvalue weighted by Gasteiger charge is 2.19. The maximum Gasteiger partial charge on any atom is 0.308 e. The molecule has 0 spiro atoms. The van der Waals surface area contributed by atoms with Crippen LogP contribution < -0.4 is 4.18 Å². The highest BCUT2D eigenvalue weighted by Crippen LogP contribution is 2.32. The van der Waals surface area contributed by atoms with E-state index in [1.54, 1.807) is 13.0 Å². The van der Waals surface area contributed by atoms with Crippen LogP contribution in [-0.2, 0) is 27.9 Å². The second-order valence-electron chi connectivity index (χ2n) is 3.77. The molecule has 1 aliphatic rings. The molecular formula is C11H13BrO4S. The Morgan fingerprint density at radius 3 is 2.94 bits per heavy atom. The zero-order chi connectivity index (χ0) is 12.5. The Hall–Kier alpha value is -0.590. The van der Waals surface area contributed by atoms with E-state index in [0.717, 1.165) is 22.0 Å². The molecule has 0 radical (unpaired) electrons. The van der Waals surface area contributed by atoms with E-state index in [1.165, 1.54) is 0 Å². The standard InChI is InChI=1S/C11H13BrO4S/c1-2-17(13,14)16-11-6-9(12)5-8-3-4-15-7-10(8)11/h5-6H,2-4,7H2,1H3. The second kappa shape index (κ2) is 4.96. The predicted molar refractivity (Wildman–Crippen MR) is 67.6 cm³/mol. The highest BCUT2D eigenvalue weighted by molar-refractivity contribution is 9.10. The van der Waals surface area contributed by atoms with Crippen molar-refractivity contribution in [3.05, 3.63) is 27.7 Å². The number of benzene rings is 1. The van der Waals surface area contributed by atoms with E-state index in [1.807, 2.05) is 6.07 Å². The van der Waals surface area contributed by atoms with Gasteiger partial charge in [-0.3, -0.25) is 0 Å². The molecule has 0 aliphatic carbocycles. The van der Waals surface area contributed by atoms with E-state index in [9.17, 15) is 8.42 Å². The Balaban J connectivity index is 2.43. The van der Waals surface area contributed by atoms with Gasteiger partial charge in [0.2, 0.25) is 0 Å². The van der Waals surface area contributed by atoms with Crippen molar-refractivity contribution in [3.63, 3.8) is 0 Å². The van der Waals surface area contributed by atoms with Crippen molar-refractivity contribution in [2.24, 2.45) is 0 Å². The maximum absolute atomic E-state index is 11.5. The fourth-order valence-electron chi connectivity index (χ4n) is 1.68. The summed E-state index contributed by atoms with van der Waals surface area (Å²) in [4.78, 5) is 0. The first-order valence-corrected chi connectivity index (χ1v) is 7.70. The topological polar surface area (TPSA) is 52.6 Å². The molecule has 17 heavy (non-hydrogen) atoms. The van der Waals surface area contributed by atoms with Gasteiger partial charge in [0.05, 0.1) is 19.0 Å². The van der Waals surface area contributed by atoms with Crippen molar-refractivity contribution in [2.75, 3.05) is 12.4 Å². The van der Waals surface area contributed by atoms with Crippen molar-refractivity contribution < 1.29 is 17.3 Å². The molecular weight excluding hydrogens is 308 g/mol. The number of hydrogen-bond acceptors (Lipinski definition) is 4. The lowest BCUT2D eigenvalue weighted by Gasteiger charge is -2.20. The molecule has 0 aromatic heterocycles. The molecule has 0 unspecified atom stereocenters. The van der Waals surface area contributed by atoms with Crippen LogP contribution in [0.15, 0.2) is 16.6 Å². The third-order valence-corrected chi connectivity index (χ3v) is 4.20. The zero-order valence-electron chi connectivity index (χ0n) is 9.40. The van der Waals surface area contributed by atoms with Crippen molar-refractivity contribution in [1.82, 2.24) is 0 Å². The molecule has 0 amide bonds. The summed E-state index contributed by atoms with van der Waals surface area (Å²) in [6.07, 6.45) is 0.775. The van der Waals surface area contributed by atoms with Crippen molar-refractivity contribution >= 4 is 26.0 Å². The van der Waals surface area contributed by atoms with Gasteiger partial charge in [0.1, 0.15) is 5.75 Å². The number of halogens is 1. The van der Waals surface area contributed by atoms with Crippen molar-refractivity contribution in [3.8, 4) is 5.75 Å². The third-order valence-electron chi connectivity index (χ3n) is 2.60. The Morgan fingerprint density at radius 1 is 1.47 bits per heavy atom. The Morgan fingerprint density at radius 2 is 2.24 bits per heavy atom. The van der Waals surface area contributed by atoms with Crippen LogP contribution in [0.4, 0.5) is 0 Å². The van der Waals surface area contributed by atoms with E-state index < -0.39 is 10.1 Å². The normalized spacial score (nSPS) is 15.4. The number of rotatable bonds is 3. The smallest absolute Gasteiger partial charge is 0.308 e. The molecule has 1 aromatic carbocycles. The minimum absolute atomic E-state index is 0.0465. The molecule has 94 valence electrons. The van der Waals surface area contributed by atoms with E-state index in [2.05, 4.69) is 15.9 Å². The second-order valence-corrected chi connectivity index (χ2v) is 6.55. The summed E-state index contributed by atoms with van der Waals surface area (Å²) >= 11 is 3.36. The van der Waals surface area contributed by atoms with Gasteiger partial charge in [-0.1, -0.05) is 15.9 Å². The van der Waals surface area contributed by atoms with Crippen LogP contribution in [0.5, 0.6) is 5.75 Å². The van der Waals surface area contributed by atoms with Gasteiger partial charge < -0.3 is 8.92 Å². The summed E-state index contributed by atoms with van der Waals surface area (Å²) < 4.78 is 34.2. The Labute approximate surface area is 109 Å². The lowest BCUT2D eigenvalue weighted by molar-refractivity contribution is 0.109. The average molecular weight is 321 g/mol. The van der Waals surface area contributed by atoms with Crippen molar-refractivity contribution in [2.45, 2.75) is 20.0 Å². The van der Waals surface area contributed by atoms with Gasteiger partial charge in [0, 0.05) is 10.0 Å². The van der Waals surface area contributed by atoms with E-state index in [4.69, 9.17) is 8.92 Å². The lowest BCUT2D eigenvalue weighted by atomic mass is 10.0. The first-order chi connectivity index (χ1) is 8.02. The molecule has 4 nitrogen and oxygen atoms in total. The predicted octanol–water partition coefficient (Wildman–Crippen LogP) is 2.25. The fourth-order valence-corrected chi connectivity index (χ4v) is 2.70. The number of hydrogen-bond donors (Lipinski definition) is 0. The summed E-state index contributed by atoms with van der Waals surface area (Å²) in [5.41, 5.74) is 1.91. The van der Waals surface area contributed by atoms with E-state index >= 15 is 0 Å². The number of ether oxygens (including phenoxy) is 1. The first kappa shape index (κ1) is 12.9. The van der Waals surface area contributed by atoms with Gasteiger partial charge in [0.15, 0.2) is 0 Å². The molecule has 1 aliphatic heterocycles. The molecule has 0 atom stereocenters. The summed E-state index contributed by atoms with van der Waals surface area (Å²) in [5, 5.41) is 0. The average Bonchev–Trinajstić information content (AvgIpc) is 2.28. The minimum Gasteiger partial charge on any atom is -0.382 e. The minimum atomic E-state index is -3.50. The molecule has 2 rings (SSSR count). The molecule has 0 N–H and O–H groups in total. The SMILES string of the molecule is CCS(=O)(=O)Oc1cc(Br)cc2c1COCC2. The maximum atomic E-state index is 11.5. The third kappa shape index (κ3) is 3.00. The van der Waals surface area contributed by atoms with Gasteiger partial charge in [-0.15, -0.1) is 0 Å². The fraction of sp³-hybridized carbons (Fsp3) is 0.455. The molecule has 0 bridgehead atoms. The highest BCUT2D eigenvalue weighted by atomic mass is 79.9. The molecule has 6 heteroatoms. The van der Waals surface area contributed by atoms with Crippen LogP contribution in [0.3, 0.4) is 0 Å². The molecule has 1 heterocycles. The largest absolute Gasteiger partial charge is 0.382 e. The quantitative estimate of drug-likeness (QED) is 0.801. The summed E-state index contributed by atoms with van der Waals surface area (Å²) in [6, 6.07) is 3.64. The zero-order valence-corrected chi connectivity index (χ0v) is 11.8. The number of fused-ring (bicyclic) bond motifs is 1. The van der Waals surface area contributed by atoms with Gasteiger partial charge >= 0.3 is 10.1 Å². The van der Waals surface area contributed by atoms with Crippen molar-refractivity contribution in [1.29, 1.82) is 0 Å². The van der Waals surface area contributed by atoms with Crippen LogP contribution in [0.2, 0.25) is 0 Å². The van der Waals surface area contributed by atoms with E-state index in [0.29, 0.717) is 19.0 Å². The summed E-state index contributed by atoms with van der Waals surface area (Å²) in [6.45, 7) is 2.61. The lowest BCUT2D eigenvalue weighted by Crippen LogP contribution is -2.16. The first-order valence-electron chi connectivity index (χ1n) is 5.33. The van der Waals surface area contributed by atoms with Crippen LogP contribution in [0.1, 0.15) is 18.1 Å². The Bertz CT molecular complexity index is 525. The van der Waals surface area contributed by atoms with Crippen LogP contribution in [0.25, 0.3) is 0 Å².